The van der Waals surface area contributed by atoms with Gasteiger partial charge in [-0.1, -0.05) is 12.1 Å². The Kier molecular flexibility index (Phi) is 8.95. The Morgan fingerprint density at radius 1 is 1.19 bits per heavy atom. The summed E-state index contributed by atoms with van der Waals surface area (Å²) >= 11 is 0. The van der Waals surface area contributed by atoms with E-state index >= 15 is 0 Å². The quantitative estimate of drug-likeness (QED) is 0.271. The largest absolute Gasteiger partial charge is 0.495 e. The normalized spacial score (nSPS) is 15.2. The number of alkyl halides is 3. The summed E-state index contributed by atoms with van der Waals surface area (Å²) in [4.78, 5) is 38.0. The molecule has 0 saturated carbocycles. The highest BCUT2D eigenvalue weighted by atomic mass is 19.4. The summed E-state index contributed by atoms with van der Waals surface area (Å²) in [7, 11) is 5.48. The van der Waals surface area contributed by atoms with E-state index in [9.17, 15) is 22.4 Å². The molecule has 3 N–H and O–H groups in total. The van der Waals surface area contributed by atoms with Crippen LogP contribution in [-0.4, -0.2) is 88.2 Å². The average Bonchev–Trinajstić information content (AvgIpc) is 3.60. The van der Waals surface area contributed by atoms with Crippen LogP contribution in [0.1, 0.15) is 16.8 Å². The number of nitrogens with zero attached hydrogens (tertiary/aromatic N) is 4. The topological polar surface area (TPSA) is 124 Å². The highest BCUT2D eigenvalue weighted by Gasteiger charge is 2.38. The van der Waals surface area contributed by atoms with Crippen LogP contribution < -0.4 is 10.1 Å². The molecule has 0 radical (unpaired) electrons. The number of aromatic amines is 1. The van der Waals surface area contributed by atoms with Crippen LogP contribution in [0.4, 0.5) is 29.1 Å². The van der Waals surface area contributed by atoms with Gasteiger partial charge in [-0.05, 0) is 50.3 Å². The molecule has 5 rings (SSSR count). The molecule has 4 aromatic rings. The highest BCUT2D eigenvalue weighted by Crippen LogP contribution is 2.30. The van der Waals surface area contributed by atoms with Crippen molar-refractivity contribution in [3.8, 4) is 17.1 Å². The number of fused-ring (bicyclic) bond motifs is 1. The van der Waals surface area contributed by atoms with Crippen molar-refractivity contribution in [3.63, 3.8) is 0 Å². The molecule has 0 bridgehead atoms. The molecule has 2 aromatic heterocycles. The van der Waals surface area contributed by atoms with Crippen molar-refractivity contribution >= 4 is 34.3 Å². The molecule has 1 atom stereocenters. The van der Waals surface area contributed by atoms with Crippen LogP contribution in [-0.2, 0) is 4.79 Å². The third-order valence-electron chi connectivity index (χ3n) is 6.70. The number of nitrogens with one attached hydrogen (secondary N) is 2. The molecule has 3 heterocycles. The second kappa shape index (κ2) is 12.4. The predicted molar refractivity (Wildman–Crippen MR) is 147 cm³/mol. The zero-order chi connectivity index (χ0) is 30.6. The number of benzene rings is 2. The van der Waals surface area contributed by atoms with Crippen LogP contribution >= 0.6 is 0 Å². The standard InChI is InChI=1S/C26H27FN6O2.C2HF3O2/c1-32-10-9-18(15-32)33(2)26(34)17-7-8-20(23(12-17)35-3)29-24-14-28-13-22(30-24)21-11-16-5-4-6-19(27)25(16)31-21;3-2(4,5)1(6)7/h4-8,11-14,18,31H,9-10,15H2,1-3H3,(H,29,30);(H,6,7). The molecule has 1 unspecified atom stereocenters. The van der Waals surface area contributed by atoms with Crippen LogP contribution in [0, 0.1) is 5.82 Å². The first kappa shape index (κ1) is 30.2. The van der Waals surface area contributed by atoms with Crippen molar-refractivity contribution in [1.82, 2.24) is 24.8 Å². The second-order valence-electron chi connectivity index (χ2n) is 9.64. The first-order valence-corrected chi connectivity index (χ1v) is 12.7. The van der Waals surface area contributed by atoms with Crippen molar-refractivity contribution in [3.05, 3.63) is 66.2 Å². The third kappa shape index (κ3) is 6.94. The van der Waals surface area contributed by atoms with Crippen molar-refractivity contribution in [2.75, 3.05) is 39.6 Å². The van der Waals surface area contributed by atoms with Gasteiger partial charge >= 0.3 is 12.1 Å². The summed E-state index contributed by atoms with van der Waals surface area (Å²) in [6.07, 6.45) is -0.910. The lowest BCUT2D eigenvalue weighted by atomic mass is 10.1. The van der Waals surface area contributed by atoms with Crippen LogP contribution in [0.3, 0.4) is 0 Å². The summed E-state index contributed by atoms with van der Waals surface area (Å²) in [5.74, 6) is -2.10. The SMILES string of the molecule is COc1cc(C(=O)N(C)C2CCN(C)C2)ccc1Nc1cncc(-c2cc3cccc(F)c3[nH]2)n1.O=C(O)C(F)(F)F. The smallest absolute Gasteiger partial charge is 0.490 e. The zero-order valence-electron chi connectivity index (χ0n) is 22.9. The van der Waals surface area contributed by atoms with Crippen LogP contribution in [0.5, 0.6) is 5.75 Å². The molecule has 222 valence electrons. The number of carboxylic acids is 1. The maximum atomic E-state index is 14.1. The summed E-state index contributed by atoms with van der Waals surface area (Å²) in [5.41, 5.74) is 2.87. The minimum absolute atomic E-state index is 0.0389. The van der Waals surface area contributed by atoms with Gasteiger partial charge in [-0.3, -0.25) is 9.78 Å². The summed E-state index contributed by atoms with van der Waals surface area (Å²) in [6, 6.07) is 12.3. The molecule has 1 saturated heterocycles. The monoisotopic (exact) mass is 588 g/mol. The van der Waals surface area contributed by atoms with Crippen molar-refractivity contribution < 1.29 is 37.0 Å². The summed E-state index contributed by atoms with van der Waals surface area (Å²) in [6.45, 7) is 1.86. The lowest BCUT2D eigenvalue weighted by Crippen LogP contribution is -2.38. The van der Waals surface area contributed by atoms with E-state index in [1.54, 1.807) is 43.8 Å². The Morgan fingerprint density at radius 3 is 2.55 bits per heavy atom. The van der Waals surface area contributed by atoms with Gasteiger partial charge < -0.3 is 29.9 Å². The number of amides is 1. The minimum atomic E-state index is -5.08. The number of carboxylic acid groups (broad SMARTS) is 1. The fourth-order valence-electron chi connectivity index (χ4n) is 4.48. The van der Waals surface area contributed by atoms with Crippen molar-refractivity contribution in [2.24, 2.45) is 0 Å². The third-order valence-corrected chi connectivity index (χ3v) is 6.70. The molecule has 14 heteroatoms. The fourth-order valence-corrected chi connectivity index (χ4v) is 4.48. The van der Waals surface area contributed by atoms with E-state index in [-0.39, 0.29) is 17.8 Å². The number of hydrogen-bond donors (Lipinski definition) is 3. The molecule has 1 aliphatic heterocycles. The maximum absolute atomic E-state index is 14.1. The van der Waals surface area contributed by atoms with Gasteiger partial charge in [-0.2, -0.15) is 13.2 Å². The lowest BCUT2D eigenvalue weighted by Gasteiger charge is -2.25. The van der Waals surface area contributed by atoms with Gasteiger partial charge in [0.1, 0.15) is 23.1 Å². The molecular weight excluding hydrogens is 560 g/mol. The Morgan fingerprint density at radius 2 is 1.93 bits per heavy atom. The number of H-pyrrole nitrogens is 1. The minimum Gasteiger partial charge on any atom is -0.495 e. The molecule has 1 amide bonds. The number of anilines is 2. The van der Waals surface area contributed by atoms with Gasteiger partial charge in [0.2, 0.25) is 0 Å². The van der Waals surface area contributed by atoms with E-state index in [4.69, 9.17) is 14.6 Å². The number of methoxy groups -OCH3 is 1. The lowest BCUT2D eigenvalue weighted by molar-refractivity contribution is -0.192. The number of likely N-dealkylation sites (N-methyl/N-ethyl adjacent to an activating group) is 2. The Labute approximate surface area is 237 Å². The van der Waals surface area contributed by atoms with Crippen molar-refractivity contribution in [1.29, 1.82) is 0 Å². The number of likely N-dealkylation sites (tertiary alicyclic amines) is 1. The van der Waals surface area contributed by atoms with E-state index < -0.39 is 12.1 Å². The van der Waals surface area contributed by atoms with Gasteiger partial charge in [0, 0.05) is 30.6 Å². The number of halogens is 4. The zero-order valence-corrected chi connectivity index (χ0v) is 22.9. The average molecular weight is 589 g/mol. The van der Waals surface area contributed by atoms with Crippen LogP contribution in [0.15, 0.2) is 54.9 Å². The Hall–Kier alpha value is -4.72. The van der Waals surface area contributed by atoms with Gasteiger partial charge in [-0.15, -0.1) is 0 Å². The molecular formula is C28H28F4N6O4. The van der Waals surface area contributed by atoms with Crippen molar-refractivity contribution in [2.45, 2.75) is 18.6 Å². The van der Waals surface area contributed by atoms with Gasteiger partial charge in [0.15, 0.2) is 0 Å². The van der Waals surface area contributed by atoms with E-state index in [1.165, 1.54) is 6.07 Å². The van der Waals surface area contributed by atoms with Gasteiger partial charge in [0.25, 0.3) is 5.91 Å². The molecule has 42 heavy (non-hydrogen) atoms. The van der Waals surface area contributed by atoms with Crippen LogP contribution in [0.25, 0.3) is 22.3 Å². The number of aromatic nitrogens is 3. The van der Waals surface area contributed by atoms with E-state index in [2.05, 4.69) is 32.2 Å². The molecule has 0 spiro atoms. The van der Waals surface area contributed by atoms with Gasteiger partial charge in [0.05, 0.1) is 36.4 Å². The maximum Gasteiger partial charge on any atom is 0.490 e. The van der Waals surface area contributed by atoms with E-state index in [1.807, 2.05) is 24.1 Å². The number of para-hydroxylation sites is 1. The molecule has 1 fully saturated rings. The summed E-state index contributed by atoms with van der Waals surface area (Å²) in [5, 5.41) is 11.1. The first-order valence-electron chi connectivity index (χ1n) is 12.7. The predicted octanol–water partition coefficient (Wildman–Crippen LogP) is 4.93. The number of carbonyl (C=O) groups excluding carboxylic acids is 1. The Balaban J connectivity index is 0.000000517. The second-order valence-corrected chi connectivity index (χ2v) is 9.64. The van der Waals surface area contributed by atoms with E-state index in [0.29, 0.717) is 39.7 Å². The fraction of sp³-hybridized carbons (Fsp3) is 0.286. The van der Waals surface area contributed by atoms with Crippen LogP contribution in [0.2, 0.25) is 0 Å². The molecule has 1 aliphatic rings. The number of carbonyl (C=O) groups is 2. The highest BCUT2D eigenvalue weighted by molar-refractivity contribution is 5.95. The number of rotatable bonds is 6. The number of ether oxygens (including phenoxy) is 1. The number of aliphatic carboxylic acids is 1. The molecule has 10 nitrogen and oxygen atoms in total. The first-order chi connectivity index (χ1) is 19.9. The van der Waals surface area contributed by atoms with Gasteiger partial charge in [-0.25, -0.2) is 14.2 Å². The molecule has 0 aliphatic carbocycles. The molecule has 2 aromatic carbocycles. The van der Waals surface area contributed by atoms with E-state index in [0.717, 1.165) is 24.9 Å². The number of hydrogen-bond acceptors (Lipinski definition) is 7. The Bertz CT molecular complexity index is 1590. The summed E-state index contributed by atoms with van der Waals surface area (Å²) < 4.78 is 51.4.